The Morgan fingerprint density at radius 3 is 2.00 bits per heavy atom. The van der Waals surface area contributed by atoms with Crippen LogP contribution in [0.5, 0.6) is 5.75 Å². The highest BCUT2D eigenvalue weighted by Gasteiger charge is 2.30. The van der Waals surface area contributed by atoms with E-state index in [0.717, 1.165) is 12.0 Å². The van der Waals surface area contributed by atoms with Gasteiger partial charge in [-0.3, -0.25) is 4.79 Å². The van der Waals surface area contributed by atoms with Crippen LogP contribution in [0.25, 0.3) is 12.2 Å². The van der Waals surface area contributed by atoms with Crippen molar-refractivity contribution in [2.24, 2.45) is 0 Å². The summed E-state index contributed by atoms with van der Waals surface area (Å²) in [6, 6.07) is 13.2. The second kappa shape index (κ2) is 11.6. The van der Waals surface area contributed by atoms with E-state index in [-0.39, 0.29) is 11.5 Å². The summed E-state index contributed by atoms with van der Waals surface area (Å²) >= 11 is 0. The molecule has 0 spiro atoms. The zero-order chi connectivity index (χ0) is 21.9. The van der Waals surface area contributed by atoms with E-state index >= 15 is 0 Å². The lowest BCUT2D eigenvalue weighted by Crippen LogP contribution is -2.17. The van der Waals surface area contributed by atoms with Gasteiger partial charge in [0.15, 0.2) is 5.78 Å². The number of aryl methyl sites for hydroxylation is 1. The van der Waals surface area contributed by atoms with Gasteiger partial charge in [-0.05, 0) is 47.4 Å². The zero-order valence-electron chi connectivity index (χ0n) is 15.2. The Labute approximate surface area is 167 Å². The molecule has 0 fully saturated rings. The van der Waals surface area contributed by atoms with E-state index in [9.17, 15) is 18.0 Å². The fourth-order valence-corrected chi connectivity index (χ4v) is 2.14. The molecular weight excluding hydrogens is 409 g/mol. The third-order valence-electron chi connectivity index (χ3n) is 3.33. The van der Waals surface area contributed by atoms with E-state index in [2.05, 4.69) is 4.74 Å². The van der Waals surface area contributed by atoms with Gasteiger partial charge in [-0.2, -0.15) is 0 Å². The molecule has 9 heteroatoms. The van der Waals surface area contributed by atoms with Crippen molar-refractivity contribution in [3.05, 3.63) is 77.4 Å². The summed E-state index contributed by atoms with van der Waals surface area (Å²) in [5.74, 6) is -0.585. The van der Waals surface area contributed by atoms with Crippen molar-refractivity contribution < 1.29 is 35.3 Å². The van der Waals surface area contributed by atoms with Crippen LogP contribution in [0.3, 0.4) is 0 Å². The van der Waals surface area contributed by atoms with E-state index < -0.39 is 17.0 Å². The average molecular weight is 426 g/mol. The van der Waals surface area contributed by atoms with Gasteiger partial charge in [0.05, 0.1) is 0 Å². The highest BCUT2D eigenvalue weighted by Crippen LogP contribution is 2.23. The van der Waals surface area contributed by atoms with Gasteiger partial charge in [0, 0.05) is 0 Å². The number of alkyl halides is 3. The quantitative estimate of drug-likeness (QED) is 0.639. The van der Waals surface area contributed by atoms with Crippen molar-refractivity contribution in [3.8, 4) is 5.75 Å². The Bertz CT molecular complexity index is 987. The Balaban J connectivity index is 0.000000960. The molecule has 0 unspecified atom stereocenters. The van der Waals surface area contributed by atoms with E-state index in [1.54, 1.807) is 12.1 Å². The molecule has 0 aliphatic rings. The van der Waals surface area contributed by atoms with Gasteiger partial charge in [0.1, 0.15) is 5.75 Å². The molecule has 0 saturated heterocycles. The molecular formula is C20H17F3O5S. The second-order valence-corrected chi connectivity index (χ2v) is 5.90. The summed E-state index contributed by atoms with van der Waals surface area (Å²) in [5, 5.41) is 0. The van der Waals surface area contributed by atoms with E-state index in [0.29, 0.717) is 5.56 Å². The number of rotatable bonds is 6. The number of carbonyl (C=O) groups is 1. The predicted octanol–water partition coefficient (Wildman–Crippen LogP) is 4.44. The summed E-state index contributed by atoms with van der Waals surface area (Å²) in [6.45, 7) is 2.05. The predicted molar refractivity (Wildman–Crippen MR) is 102 cm³/mol. The number of halogens is 3. The van der Waals surface area contributed by atoms with Crippen molar-refractivity contribution >= 4 is 28.5 Å². The number of hydrogen-bond acceptors (Lipinski definition) is 5. The molecule has 0 aliphatic carbocycles. The van der Waals surface area contributed by atoms with Crippen LogP contribution in [0.1, 0.15) is 23.6 Å². The Morgan fingerprint density at radius 1 is 0.966 bits per heavy atom. The second-order valence-electron chi connectivity index (χ2n) is 5.49. The molecule has 0 heterocycles. The van der Waals surface area contributed by atoms with Gasteiger partial charge in [-0.15, -0.1) is 25.8 Å². The summed E-state index contributed by atoms with van der Waals surface area (Å²) in [7, 11) is -3.11. The topological polar surface area (TPSA) is 77.5 Å². The highest BCUT2D eigenvalue weighted by atomic mass is 32.2. The van der Waals surface area contributed by atoms with Gasteiger partial charge in [0.25, 0.3) is 0 Å². The molecule has 0 atom stereocenters. The van der Waals surface area contributed by atoms with Crippen molar-refractivity contribution in [2.75, 3.05) is 0 Å². The third-order valence-corrected chi connectivity index (χ3v) is 3.33. The van der Waals surface area contributed by atoms with Crippen LogP contribution in [0.4, 0.5) is 13.2 Å². The first-order valence-electron chi connectivity index (χ1n) is 8.20. The first-order valence-corrected chi connectivity index (χ1v) is 9.20. The number of hydrogen-bond donors (Lipinski definition) is 0. The molecule has 0 saturated carbocycles. The largest absolute Gasteiger partial charge is 0.573 e. The number of carbonyl (C=O) groups excluding carboxylic acids is 1. The minimum atomic E-state index is -4.74. The van der Waals surface area contributed by atoms with Crippen molar-refractivity contribution in [2.45, 2.75) is 19.7 Å². The van der Waals surface area contributed by atoms with Crippen LogP contribution in [0.2, 0.25) is 0 Å². The molecule has 0 N–H and O–H groups in total. The van der Waals surface area contributed by atoms with Crippen LogP contribution >= 0.6 is 0 Å². The lowest BCUT2D eigenvalue weighted by molar-refractivity contribution is -0.274. The Morgan fingerprint density at radius 2 is 1.48 bits per heavy atom. The van der Waals surface area contributed by atoms with Crippen molar-refractivity contribution in [3.63, 3.8) is 0 Å². The molecule has 2 rings (SSSR count). The minimum absolute atomic E-state index is 0.260. The molecule has 29 heavy (non-hydrogen) atoms. The van der Waals surface area contributed by atoms with Crippen LogP contribution in [-0.2, 0) is 21.8 Å². The summed E-state index contributed by atoms with van der Waals surface area (Å²) in [4.78, 5) is 11.9. The number of ether oxygens (including phenoxy) is 1. The molecule has 154 valence electrons. The van der Waals surface area contributed by atoms with Crippen LogP contribution in [0.15, 0.2) is 60.7 Å². The first-order chi connectivity index (χ1) is 13.6. The first kappa shape index (κ1) is 23.8. The van der Waals surface area contributed by atoms with Gasteiger partial charge in [0.2, 0.25) is 0 Å². The number of benzene rings is 2. The fourth-order valence-electron chi connectivity index (χ4n) is 2.14. The maximum atomic E-state index is 12.2. The summed E-state index contributed by atoms with van der Waals surface area (Å²) < 4.78 is 65.8. The molecule has 5 nitrogen and oxygen atoms in total. The maximum Gasteiger partial charge on any atom is 0.573 e. The SMILES string of the molecule is CCc1cccc(/C=C/C(=O)/C=C/c2cccc(OC(F)(F)F)c2)c1.O=S(=O)=O. The summed E-state index contributed by atoms with van der Waals surface area (Å²) in [5.41, 5.74) is 2.53. The molecule has 2 aromatic carbocycles. The standard InChI is InChI=1S/C20H17F3O2.O3S/c1-2-15-5-3-6-16(13-15)9-11-18(24)12-10-17-7-4-8-19(14-17)25-20(21,22)23;1-4(2)3/h3-14H,2H2,1H3;/b11-9+,12-10+;. The number of ketones is 1. The van der Waals surface area contributed by atoms with Crippen molar-refractivity contribution in [1.82, 2.24) is 0 Å². The monoisotopic (exact) mass is 426 g/mol. The van der Waals surface area contributed by atoms with E-state index in [1.807, 2.05) is 31.2 Å². The molecule has 0 bridgehead atoms. The maximum absolute atomic E-state index is 12.2. The molecule has 0 amide bonds. The smallest absolute Gasteiger partial charge is 0.406 e. The lowest BCUT2D eigenvalue weighted by Gasteiger charge is -2.08. The van der Waals surface area contributed by atoms with Crippen LogP contribution < -0.4 is 4.74 Å². The molecule has 0 aromatic heterocycles. The zero-order valence-corrected chi connectivity index (χ0v) is 16.0. The van der Waals surface area contributed by atoms with Crippen LogP contribution in [0, 0.1) is 0 Å². The Hall–Kier alpha value is -3.20. The van der Waals surface area contributed by atoms with E-state index in [1.165, 1.54) is 42.0 Å². The third kappa shape index (κ3) is 11.3. The van der Waals surface area contributed by atoms with Gasteiger partial charge >= 0.3 is 17.0 Å². The normalized spacial score (nSPS) is 11.2. The van der Waals surface area contributed by atoms with Crippen molar-refractivity contribution in [1.29, 1.82) is 0 Å². The van der Waals surface area contributed by atoms with E-state index in [4.69, 9.17) is 12.6 Å². The summed E-state index contributed by atoms with van der Waals surface area (Å²) in [6.07, 6.45) is 2.03. The van der Waals surface area contributed by atoms with Gasteiger partial charge in [-0.1, -0.05) is 55.5 Å². The molecule has 2 aromatic rings. The lowest BCUT2D eigenvalue weighted by atomic mass is 10.1. The molecule has 0 radical (unpaired) electrons. The highest BCUT2D eigenvalue weighted by molar-refractivity contribution is 7.59. The number of allylic oxidation sites excluding steroid dienone is 2. The van der Waals surface area contributed by atoms with Gasteiger partial charge < -0.3 is 4.74 Å². The molecule has 0 aliphatic heterocycles. The average Bonchev–Trinajstić information content (AvgIpc) is 2.63. The Kier molecular flexibility index (Phi) is 9.54. The fraction of sp³-hybridized carbons (Fsp3) is 0.150. The minimum Gasteiger partial charge on any atom is -0.406 e. The van der Waals surface area contributed by atoms with Crippen LogP contribution in [-0.4, -0.2) is 24.8 Å². The van der Waals surface area contributed by atoms with Gasteiger partial charge in [-0.25, -0.2) is 0 Å².